The molecule has 1 aliphatic heterocycles. The average Bonchev–Trinajstić information content (AvgIpc) is 2.83. The number of nitro benzene ring substituents is 1. The first kappa shape index (κ1) is 24.1. The molecule has 4 rings (SSSR count). The summed E-state index contributed by atoms with van der Waals surface area (Å²) in [4.78, 5) is 27.2. The highest BCUT2D eigenvalue weighted by atomic mass is 19.1. The normalized spacial score (nSPS) is 21.8. The molecule has 8 heteroatoms. The fraction of sp³-hybridized carbons (Fsp3) is 0.500. The molecule has 34 heavy (non-hydrogen) atoms. The molecule has 7 nitrogen and oxygen atoms in total. The minimum Gasteiger partial charge on any atom is -0.351 e. The highest BCUT2D eigenvalue weighted by Gasteiger charge is 2.35. The number of non-ortho nitro benzene ring substituents is 1. The van der Waals surface area contributed by atoms with Gasteiger partial charge in [0.25, 0.3) is 5.69 Å². The van der Waals surface area contributed by atoms with Gasteiger partial charge in [0, 0.05) is 30.4 Å². The number of piperidine rings is 1. The lowest BCUT2D eigenvalue weighted by Crippen LogP contribution is -2.52. The highest BCUT2D eigenvalue weighted by molar-refractivity contribution is 5.91. The molecule has 1 saturated heterocycles. The summed E-state index contributed by atoms with van der Waals surface area (Å²) in [6.07, 6.45) is 7.29. The predicted octanol–water partition coefficient (Wildman–Crippen LogP) is 5.13. The SMILES string of the molecule is NC(=O)N(c1ccc([N+](=O)[O-])cc1)[C@@H]1CCCC[C@H]1CN1CCC(Cc2ccc(F)cc2)CC1. The monoisotopic (exact) mass is 468 g/mol. The van der Waals surface area contributed by atoms with Crippen molar-refractivity contribution in [3.8, 4) is 0 Å². The summed E-state index contributed by atoms with van der Waals surface area (Å²) < 4.78 is 13.2. The number of benzene rings is 2. The van der Waals surface area contributed by atoms with Crippen molar-refractivity contribution in [3.63, 3.8) is 0 Å². The van der Waals surface area contributed by atoms with Gasteiger partial charge < -0.3 is 10.6 Å². The van der Waals surface area contributed by atoms with E-state index in [0.717, 1.165) is 64.6 Å². The smallest absolute Gasteiger partial charge is 0.319 e. The van der Waals surface area contributed by atoms with E-state index >= 15 is 0 Å². The highest BCUT2D eigenvalue weighted by Crippen LogP contribution is 2.34. The van der Waals surface area contributed by atoms with Gasteiger partial charge in [0.1, 0.15) is 5.82 Å². The molecule has 2 amide bonds. The summed E-state index contributed by atoms with van der Waals surface area (Å²) in [6, 6.07) is 12.4. The summed E-state index contributed by atoms with van der Waals surface area (Å²) in [5.74, 6) is 0.718. The fourth-order valence-corrected chi connectivity index (χ4v) is 5.62. The molecule has 182 valence electrons. The van der Waals surface area contributed by atoms with Crippen LogP contribution in [0.15, 0.2) is 48.5 Å². The molecule has 0 radical (unpaired) electrons. The van der Waals surface area contributed by atoms with Crippen LogP contribution in [0.5, 0.6) is 0 Å². The minimum atomic E-state index is -0.510. The number of primary amides is 1. The third kappa shape index (κ3) is 5.91. The van der Waals surface area contributed by atoms with Crippen molar-refractivity contribution in [1.29, 1.82) is 0 Å². The first-order valence-electron chi connectivity index (χ1n) is 12.2. The van der Waals surface area contributed by atoms with Crippen LogP contribution in [0.1, 0.15) is 44.1 Å². The number of nitrogens with two attached hydrogens (primary N) is 1. The molecule has 0 aromatic heterocycles. The molecule has 0 unspecified atom stereocenters. The van der Waals surface area contributed by atoms with Crippen LogP contribution in [0.3, 0.4) is 0 Å². The molecule has 2 aromatic carbocycles. The first-order chi connectivity index (χ1) is 16.4. The number of likely N-dealkylation sites (tertiary alicyclic amines) is 1. The molecule has 0 bridgehead atoms. The van der Waals surface area contributed by atoms with E-state index in [1.54, 1.807) is 17.0 Å². The van der Waals surface area contributed by atoms with Crippen LogP contribution in [-0.2, 0) is 6.42 Å². The molecule has 2 N–H and O–H groups in total. The number of hydrogen-bond donors (Lipinski definition) is 1. The standard InChI is InChI=1S/C26H33FN4O3/c27-22-7-5-19(6-8-22)17-20-13-15-29(16-14-20)18-21-3-1-2-4-25(21)30(26(28)32)23-9-11-24(12-10-23)31(33)34/h5-12,20-21,25H,1-4,13-18H2,(H2,28,32)/t21-,25+/m0/s1. The van der Waals surface area contributed by atoms with Crippen molar-refractivity contribution in [2.24, 2.45) is 17.6 Å². The molecule has 1 aliphatic carbocycles. The molecule has 1 saturated carbocycles. The van der Waals surface area contributed by atoms with Crippen LogP contribution in [0.2, 0.25) is 0 Å². The second-order valence-corrected chi connectivity index (χ2v) is 9.67. The lowest BCUT2D eigenvalue weighted by Gasteiger charge is -2.42. The van der Waals surface area contributed by atoms with Crippen LogP contribution < -0.4 is 10.6 Å². The Morgan fingerprint density at radius 2 is 1.68 bits per heavy atom. The zero-order valence-electron chi connectivity index (χ0n) is 19.4. The Bertz CT molecular complexity index is 975. The second kappa shape index (κ2) is 11.0. The lowest BCUT2D eigenvalue weighted by molar-refractivity contribution is -0.384. The van der Waals surface area contributed by atoms with E-state index in [1.165, 1.54) is 29.8 Å². The van der Waals surface area contributed by atoms with Gasteiger partial charge in [-0.15, -0.1) is 0 Å². The number of carbonyl (C=O) groups is 1. The van der Waals surface area contributed by atoms with Gasteiger partial charge in [-0.3, -0.25) is 15.0 Å². The van der Waals surface area contributed by atoms with E-state index in [9.17, 15) is 19.3 Å². The number of nitro groups is 1. The van der Waals surface area contributed by atoms with Gasteiger partial charge in [0.15, 0.2) is 0 Å². The third-order valence-corrected chi connectivity index (χ3v) is 7.41. The van der Waals surface area contributed by atoms with Crippen molar-refractivity contribution in [3.05, 3.63) is 70.0 Å². The van der Waals surface area contributed by atoms with Crippen molar-refractivity contribution in [2.45, 2.75) is 51.0 Å². The van der Waals surface area contributed by atoms with E-state index in [2.05, 4.69) is 4.90 Å². The summed E-state index contributed by atoms with van der Waals surface area (Å²) in [5, 5.41) is 11.0. The number of amides is 2. The minimum absolute atomic E-state index is 0.00290. The lowest BCUT2D eigenvalue weighted by atomic mass is 9.82. The molecular weight excluding hydrogens is 435 g/mol. The zero-order chi connectivity index (χ0) is 24.1. The maximum atomic E-state index is 13.2. The third-order valence-electron chi connectivity index (χ3n) is 7.41. The van der Waals surface area contributed by atoms with Crippen LogP contribution in [0, 0.1) is 27.8 Å². The number of hydrogen-bond acceptors (Lipinski definition) is 4. The van der Waals surface area contributed by atoms with E-state index in [-0.39, 0.29) is 17.5 Å². The number of anilines is 1. The maximum absolute atomic E-state index is 13.2. The molecular formula is C26H33FN4O3. The summed E-state index contributed by atoms with van der Waals surface area (Å²) in [7, 11) is 0. The van der Waals surface area contributed by atoms with Crippen molar-refractivity contribution in [1.82, 2.24) is 4.90 Å². The van der Waals surface area contributed by atoms with Crippen LogP contribution in [-0.4, -0.2) is 41.5 Å². The Kier molecular flexibility index (Phi) is 7.77. The Labute approximate surface area is 199 Å². The largest absolute Gasteiger partial charge is 0.351 e. The molecule has 1 heterocycles. The van der Waals surface area contributed by atoms with Crippen molar-refractivity contribution in [2.75, 3.05) is 24.5 Å². The van der Waals surface area contributed by atoms with Crippen LogP contribution in [0.4, 0.5) is 20.6 Å². The number of halogens is 1. The number of carbonyl (C=O) groups excluding carboxylic acids is 1. The Morgan fingerprint density at radius 3 is 2.29 bits per heavy atom. The van der Waals surface area contributed by atoms with Crippen molar-refractivity contribution >= 4 is 17.4 Å². The van der Waals surface area contributed by atoms with Crippen LogP contribution in [0.25, 0.3) is 0 Å². The Hall–Kier alpha value is -3.00. The second-order valence-electron chi connectivity index (χ2n) is 9.67. The van der Waals surface area contributed by atoms with E-state index < -0.39 is 11.0 Å². The van der Waals surface area contributed by atoms with Gasteiger partial charge in [-0.25, -0.2) is 9.18 Å². The number of urea groups is 1. The van der Waals surface area contributed by atoms with Crippen LogP contribution >= 0.6 is 0 Å². The summed E-state index contributed by atoms with van der Waals surface area (Å²) in [5.41, 5.74) is 7.61. The summed E-state index contributed by atoms with van der Waals surface area (Å²) >= 11 is 0. The van der Waals surface area contributed by atoms with Gasteiger partial charge in [-0.1, -0.05) is 25.0 Å². The summed E-state index contributed by atoms with van der Waals surface area (Å²) in [6.45, 7) is 2.96. The molecule has 0 spiro atoms. The first-order valence-corrected chi connectivity index (χ1v) is 12.2. The van der Waals surface area contributed by atoms with Gasteiger partial charge in [-0.05, 0) is 86.9 Å². The number of rotatable bonds is 7. The number of nitrogens with zero attached hydrogens (tertiary/aromatic N) is 3. The predicted molar refractivity (Wildman–Crippen MR) is 130 cm³/mol. The topological polar surface area (TPSA) is 92.7 Å². The zero-order valence-corrected chi connectivity index (χ0v) is 19.4. The van der Waals surface area contributed by atoms with Gasteiger partial charge in [0.05, 0.1) is 4.92 Å². The average molecular weight is 469 g/mol. The van der Waals surface area contributed by atoms with E-state index in [0.29, 0.717) is 17.5 Å². The molecule has 2 atom stereocenters. The van der Waals surface area contributed by atoms with Gasteiger partial charge >= 0.3 is 6.03 Å². The fourth-order valence-electron chi connectivity index (χ4n) is 5.62. The molecule has 2 aliphatic rings. The van der Waals surface area contributed by atoms with Gasteiger partial charge in [-0.2, -0.15) is 0 Å². The van der Waals surface area contributed by atoms with E-state index in [4.69, 9.17) is 5.73 Å². The van der Waals surface area contributed by atoms with E-state index in [1.807, 2.05) is 12.1 Å². The quantitative estimate of drug-likeness (QED) is 0.450. The van der Waals surface area contributed by atoms with Crippen molar-refractivity contribution < 1.29 is 14.1 Å². The van der Waals surface area contributed by atoms with Gasteiger partial charge in [0.2, 0.25) is 0 Å². The maximum Gasteiger partial charge on any atom is 0.319 e. The molecule has 2 fully saturated rings. The molecule has 2 aromatic rings. The Morgan fingerprint density at radius 1 is 1.03 bits per heavy atom. The Balaban J connectivity index is 1.38.